The smallest absolute Gasteiger partial charge is 0.333 e. The largest absolute Gasteiger partial charge is 0.462 e. The first-order chi connectivity index (χ1) is 16.3. The minimum atomic E-state index is -0.380. The molecule has 208 valence electrons. The Hall–Kier alpha value is -2.31. The van der Waals surface area contributed by atoms with E-state index < -0.39 is 0 Å². The van der Waals surface area contributed by atoms with Crippen LogP contribution in [-0.4, -0.2) is 44.3 Å². The second-order valence-corrected chi connectivity index (χ2v) is 12.8. The van der Waals surface area contributed by atoms with Gasteiger partial charge in [0.1, 0.15) is 0 Å². The normalized spacial score (nSPS) is 15.2. The minimum absolute atomic E-state index is 0.153. The number of hydrogen-bond acceptors (Lipinski definition) is 5. The molecule has 0 aromatic carbocycles. The summed E-state index contributed by atoms with van der Waals surface area (Å²) in [5.41, 5.74) is -0.0132. The molecule has 0 aliphatic carbocycles. The molecule has 7 heteroatoms. The Morgan fingerprint density at radius 1 is 0.667 bits per heavy atom. The van der Waals surface area contributed by atoms with Crippen LogP contribution in [0.2, 0.25) is 0 Å². The van der Waals surface area contributed by atoms with Crippen molar-refractivity contribution in [2.45, 2.75) is 94.9 Å². The average molecular weight is 509 g/mol. The maximum atomic E-state index is 12.7. The van der Waals surface area contributed by atoms with Gasteiger partial charge >= 0.3 is 18.0 Å². The number of carbonyl (C=O) groups is 3. The van der Waals surface area contributed by atoms with Crippen LogP contribution in [0.3, 0.4) is 0 Å². The van der Waals surface area contributed by atoms with Crippen molar-refractivity contribution in [3.63, 3.8) is 0 Å². The van der Waals surface area contributed by atoms with Gasteiger partial charge in [-0.25, -0.2) is 14.4 Å². The fourth-order valence-electron chi connectivity index (χ4n) is 4.44. The predicted molar refractivity (Wildman–Crippen MR) is 147 cm³/mol. The van der Waals surface area contributed by atoms with Crippen molar-refractivity contribution in [2.24, 2.45) is 21.7 Å². The average Bonchev–Trinajstić information content (AvgIpc) is 2.77. The van der Waals surface area contributed by atoms with E-state index in [4.69, 9.17) is 9.47 Å². The highest BCUT2D eigenvalue weighted by Gasteiger charge is 2.34. The maximum absolute atomic E-state index is 12.7. The van der Waals surface area contributed by atoms with Crippen LogP contribution in [0, 0.1) is 21.7 Å². The molecule has 0 aromatic rings. The molecule has 0 aliphatic rings. The zero-order valence-corrected chi connectivity index (χ0v) is 24.6. The van der Waals surface area contributed by atoms with Gasteiger partial charge in [-0.2, -0.15) is 0 Å². The lowest BCUT2D eigenvalue weighted by Gasteiger charge is -2.38. The Bertz CT molecular complexity index is 801. The number of rotatable bonds is 16. The number of amides is 2. The van der Waals surface area contributed by atoms with Crippen LogP contribution in [-0.2, 0) is 19.1 Å². The molecule has 0 rings (SSSR count). The van der Waals surface area contributed by atoms with Crippen LogP contribution in [0.1, 0.15) is 94.9 Å². The third-order valence-corrected chi connectivity index (χ3v) is 6.76. The zero-order chi connectivity index (χ0) is 28.4. The molecule has 2 unspecified atom stereocenters. The van der Waals surface area contributed by atoms with Crippen molar-refractivity contribution < 1.29 is 23.9 Å². The van der Waals surface area contributed by atoms with Crippen LogP contribution in [0.15, 0.2) is 24.3 Å². The van der Waals surface area contributed by atoms with Gasteiger partial charge in [0.2, 0.25) is 0 Å². The Morgan fingerprint density at radius 2 is 1.08 bits per heavy atom. The molecule has 0 bridgehead atoms. The van der Waals surface area contributed by atoms with Gasteiger partial charge in [0.05, 0.1) is 13.2 Å². The highest BCUT2D eigenvalue weighted by molar-refractivity contribution is 5.87. The van der Waals surface area contributed by atoms with Gasteiger partial charge < -0.3 is 20.1 Å². The second-order valence-electron chi connectivity index (χ2n) is 12.8. The van der Waals surface area contributed by atoms with Crippen molar-refractivity contribution in [1.29, 1.82) is 0 Å². The Balaban J connectivity index is 4.86. The second kappa shape index (κ2) is 13.8. The van der Waals surface area contributed by atoms with Crippen molar-refractivity contribution in [3.05, 3.63) is 24.3 Å². The molecule has 0 aliphatic heterocycles. The monoisotopic (exact) mass is 508 g/mol. The summed E-state index contributed by atoms with van der Waals surface area (Å²) >= 11 is 0. The van der Waals surface area contributed by atoms with Gasteiger partial charge in [0.15, 0.2) is 0 Å². The summed E-state index contributed by atoms with van der Waals surface area (Å²) in [6, 6.07) is -0.207. The maximum Gasteiger partial charge on any atom is 0.333 e. The Kier molecular flexibility index (Phi) is 13.0. The van der Waals surface area contributed by atoms with Gasteiger partial charge in [-0.3, -0.25) is 0 Å². The summed E-state index contributed by atoms with van der Waals surface area (Å²) in [7, 11) is 0. The van der Waals surface area contributed by atoms with E-state index in [1.165, 1.54) is 0 Å². The number of ether oxygens (including phenoxy) is 2. The molecule has 7 nitrogen and oxygen atoms in total. The van der Waals surface area contributed by atoms with Crippen LogP contribution in [0.25, 0.3) is 0 Å². The van der Waals surface area contributed by atoms with E-state index in [1.807, 2.05) is 0 Å². The fraction of sp³-hybridized carbons (Fsp3) is 0.759. The predicted octanol–water partition coefficient (Wildman–Crippen LogP) is 6.19. The molecule has 0 heterocycles. The third-order valence-electron chi connectivity index (χ3n) is 6.76. The van der Waals surface area contributed by atoms with E-state index >= 15 is 0 Å². The number of carbonyl (C=O) groups excluding carboxylic acids is 3. The molecule has 0 spiro atoms. The highest BCUT2D eigenvalue weighted by Crippen LogP contribution is 2.37. The van der Waals surface area contributed by atoms with Crippen molar-refractivity contribution in [1.82, 2.24) is 10.6 Å². The number of hydrogen-bond donors (Lipinski definition) is 2. The van der Waals surface area contributed by atoms with E-state index in [-0.39, 0.29) is 39.6 Å². The molecule has 2 atom stereocenters. The Labute approximate surface area is 219 Å². The lowest BCUT2D eigenvalue weighted by Crippen LogP contribution is -2.46. The standard InChI is InChI=1S/C29H52N2O5/c1-13-28(11,16-27(9,10)19-35-23(32)21(3)4)18-31-25(34)30-17-26(7,8)15-29(12,14-2)20-36-24(33)22(5)6/h3,5,13-20H2,1-2,4,6-12H3,(H2,30,31,34). The van der Waals surface area contributed by atoms with Gasteiger partial charge in [-0.1, -0.05) is 68.5 Å². The summed E-state index contributed by atoms with van der Waals surface area (Å²) in [5.74, 6) is -0.754. The molecule has 0 saturated carbocycles. The summed E-state index contributed by atoms with van der Waals surface area (Å²) < 4.78 is 10.8. The van der Waals surface area contributed by atoms with E-state index in [2.05, 4.69) is 79.2 Å². The van der Waals surface area contributed by atoms with Crippen molar-refractivity contribution in [3.8, 4) is 0 Å². The quantitative estimate of drug-likeness (QED) is 0.191. The summed E-state index contributed by atoms with van der Waals surface area (Å²) in [5, 5.41) is 6.04. The van der Waals surface area contributed by atoms with Crippen LogP contribution < -0.4 is 10.6 Å². The van der Waals surface area contributed by atoms with Crippen molar-refractivity contribution in [2.75, 3.05) is 26.3 Å². The first-order valence-corrected chi connectivity index (χ1v) is 13.0. The molecule has 36 heavy (non-hydrogen) atoms. The van der Waals surface area contributed by atoms with Gasteiger partial charge in [0.25, 0.3) is 0 Å². The van der Waals surface area contributed by atoms with Gasteiger partial charge in [-0.15, -0.1) is 0 Å². The highest BCUT2D eigenvalue weighted by atomic mass is 16.5. The number of esters is 2. The number of nitrogens with one attached hydrogen (secondary N) is 2. The van der Waals surface area contributed by atoms with Gasteiger partial charge in [0, 0.05) is 29.7 Å². The van der Waals surface area contributed by atoms with Gasteiger partial charge in [-0.05, 0) is 55.8 Å². The minimum Gasteiger partial charge on any atom is -0.462 e. The molecular weight excluding hydrogens is 456 g/mol. The first kappa shape index (κ1) is 33.7. The summed E-state index contributed by atoms with van der Waals surface area (Å²) in [4.78, 5) is 36.3. The SMILES string of the molecule is C=C(C)C(=O)OCC(C)(C)CC(C)(CC)CNC(=O)NCC(C)(C)CC(C)(CC)COC(=O)C(=C)C. The molecular formula is C29H52N2O5. The lowest BCUT2D eigenvalue weighted by molar-refractivity contribution is -0.143. The molecule has 0 radical (unpaired) electrons. The fourth-order valence-corrected chi connectivity index (χ4v) is 4.44. The molecule has 0 aromatic heterocycles. The molecule has 2 N–H and O–H groups in total. The third kappa shape index (κ3) is 13.1. The summed E-state index contributed by atoms with van der Waals surface area (Å²) in [6.07, 6.45) is 3.28. The van der Waals surface area contributed by atoms with Crippen molar-refractivity contribution >= 4 is 18.0 Å². The van der Waals surface area contributed by atoms with E-state index in [0.29, 0.717) is 37.4 Å². The van der Waals surface area contributed by atoms with Crippen LogP contribution >= 0.6 is 0 Å². The van der Waals surface area contributed by atoms with E-state index in [9.17, 15) is 14.4 Å². The Morgan fingerprint density at radius 3 is 1.53 bits per heavy atom. The molecule has 2 amide bonds. The number of urea groups is 1. The van der Waals surface area contributed by atoms with Crippen LogP contribution in [0.4, 0.5) is 4.79 Å². The van der Waals surface area contributed by atoms with E-state index in [0.717, 1.165) is 25.7 Å². The first-order valence-electron chi connectivity index (χ1n) is 13.0. The zero-order valence-electron chi connectivity index (χ0n) is 24.6. The lowest BCUT2D eigenvalue weighted by atomic mass is 9.72. The molecule has 0 saturated heterocycles. The topological polar surface area (TPSA) is 93.7 Å². The molecule has 0 fully saturated rings. The van der Waals surface area contributed by atoms with Crippen LogP contribution in [0.5, 0.6) is 0 Å². The van der Waals surface area contributed by atoms with E-state index in [1.54, 1.807) is 13.8 Å². The summed E-state index contributed by atoms with van der Waals surface area (Å²) in [6.45, 7) is 28.9.